The number of carbonyl (C=O) groups excluding carboxylic acids is 3. The maximum Gasteiger partial charge on any atom is 0.306 e. The van der Waals surface area contributed by atoms with E-state index < -0.39 is 6.10 Å². The molecular weight excluding hydrogens is 901 g/mol. The van der Waals surface area contributed by atoms with E-state index in [1.54, 1.807) is 0 Å². The van der Waals surface area contributed by atoms with Gasteiger partial charge in [0.1, 0.15) is 13.2 Å². The third kappa shape index (κ3) is 58.3. The number of unbranched alkanes of at least 4 members (excludes halogenated alkanes) is 19. The fourth-order valence-corrected chi connectivity index (χ4v) is 7.70. The van der Waals surface area contributed by atoms with Crippen LogP contribution in [0.5, 0.6) is 0 Å². The smallest absolute Gasteiger partial charge is 0.306 e. The van der Waals surface area contributed by atoms with Gasteiger partial charge in [-0.2, -0.15) is 0 Å². The van der Waals surface area contributed by atoms with Crippen LogP contribution in [0.25, 0.3) is 0 Å². The van der Waals surface area contributed by atoms with Crippen molar-refractivity contribution in [1.29, 1.82) is 0 Å². The van der Waals surface area contributed by atoms with E-state index in [1.165, 1.54) is 77.0 Å². The van der Waals surface area contributed by atoms with Crippen LogP contribution in [0, 0.1) is 0 Å². The third-order valence-corrected chi connectivity index (χ3v) is 12.1. The van der Waals surface area contributed by atoms with E-state index in [4.69, 9.17) is 14.2 Å². The van der Waals surface area contributed by atoms with Crippen LogP contribution in [0.3, 0.4) is 0 Å². The molecule has 0 aliphatic rings. The minimum absolute atomic E-state index is 0.0947. The lowest BCUT2D eigenvalue weighted by Gasteiger charge is -2.18. The lowest BCUT2D eigenvalue weighted by molar-refractivity contribution is -0.167. The van der Waals surface area contributed by atoms with Gasteiger partial charge in [0.25, 0.3) is 0 Å². The summed E-state index contributed by atoms with van der Waals surface area (Å²) in [6, 6.07) is 0. The number of allylic oxidation sites excluding steroid dienone is 22. The van der Waals surface area contributed by atoms with Gasteiger partial charge in [-0.05, 0) is 122 Å². The molecule has 0 aliphatic carbocycles. The van der Waals surface area contributed by atoms with Gasteiger partial charge in [-0.25, -0.2) is 0 Å². The van der Waals surface area contributed by atoms with Crippen molar-refractivity contribution in [2.45, 2.75) is 258 Å². The Morgan fingerprint density at radius 3 is 0.877 bits per heavy atom. The van der Waals surface area contributed by atoms with Crippen LogP contribution in [0.15, 0.2) is 134 Å². The van der Waals surface area contributed by atoms with E-state index in [9.17, 15) is 14.4 Å². The highest BCUT2D eigenvalue weighted by Gasteiger charge is 2.19. The van der Waals surface area contributed by atoms with Crippen molar-refractivity contribution >= 4 is 17.9 Å². The summed E-state index contributed by atoms with van der Waals surface area (Å²) in [4.78, 5) is 38.0. The molecule has 1 unspecified atom stereocenters. The maximum absolute atomic E-state index is 12.8. The molecule has 73 heavy (non-hydrogen) atoms. The first-order valence-corrected chi connectivity index (χ1v) is 29.7. The first-order valence-electron chi connectivity index (χ1n) is 29.7. The molecule has 412 valence electrons. The summed E-state index contributed by atoms with van der Waals surface area (Å²) >= 11 is 0. The van der Waals surface area contributed by atoms with Gasteiger partial charge >= 0.3 is 17.9 Å². The molecule has 0 rings (SSSR count). The minimum atomic E-state index is -0.797. The second-order valence-corrected chi connectivity index (χ2v) is 19.2. The molecule has 0 amide bonds. The normalized spacial score (nSPS) is 13.1. The first kappa shape index (κ1) is 68.6. The van der Waals surface area contributed by atoms with Crippen LogP contribution < -0.4 is 0 Å². The van der Waals surface area contributed by atoms with Crippen molar-refractivity contribution in [1.82, 2.24) is 0 Å². The van der Waals surface area contributed by atoms with Crippen molar-refractivity contribution < 1.29 is 28.6 Å². The summed E-state index contributed by atoms with van der Waals surface area (Å²) in [5.41, 5.74) is 0. The molecule has 6 nitrogen and oxygen atoms in total. The lowest BCUT2D eigenvalue weighted by atomic mass is 10.1. The van der Waals surface area contributed by atoms with Crippen molar-refractivity contribution in [3.63, 3.8) is 0 Å². The van der Waals surface area contributed by atoms with Gasteiger partial charge in [0, 0.05) is 19.3 Å². The predicted molar refractivity (Wildman–Crippen MR) is 316 cm³/mol. The maximum atomic E-state index is 12.8. The van der Waals surface area contributed by atoms with Gasteiger partial charge in [-0.15, -0.1) is 0 Å². The van der Waals surface area contributed by atoms with Crippen LogP contribution in [0.2, 0.25) is 0 Å². The van der Waals surface area contributed by atoms with Gasteiger partial charge in [0.2, 0.25) is 0 Å². The average Bonchev–Trinajstić information content (AvgIpc) is 3.39. The fourth-order valence-electron chi connectivity index (χ4n) is 7.70. The van der Waals surface area contributed by atoms with E-state index in [-0.39, 0.29) is 31.1 Å². The SMILES string of the molecule is CC/C=C\C/C=C\C/C=C\C/C=C\C/C=C\C/C=C\C/C=C\C/C=C\C/C=C\CCCCCC(=O)OCC(COC(=O)CCCCCCCCC)OC(=O)CCCCCCCCC/C=C\C/C=C\CCCCC. The second-order valence-electron chi connectivity index (χ2n) is 19.2. The zero-order chi connectivity index (χ0) is 52.9. The van der Waals surface area contributed by atoms with Gasteiger partial charge in [-0.1, -0.05) is 244 Å². The van der Waals surface area contributed by atoms with E-state index in [2.05, 4.69) is 154 Å². The minimum Gasteiger partial charge on any atom is -0.462 e. The Balaban J connectivity index is 4.27. The number of ether oxygens (including phenoxy) is 3. The molecule has 0 saturated heterocycles. The molecule has 0 aromatic carbocycles. The Morgan fingerprint density at radius 1 is 0.288 bits per heavy atom. The van der Waals surface area contributed by atoms with Crippen molar-refractivity contribution in [3.05, 3.63) is 134 Å². The highest BCUT2D eigenvalue weighted by molar-refractivity contribution is 5.71. The molecule has 0 spiro atoms. The fraction of sp³-hybridized carbons (Fsp3) is 0.627. The van der Waals surface area contributed by atoms with Crippen molar-refractivity contribution in [2.75, 3.05) is 13.2 Å². The summed E-state index contributed by atoms with van der Waals surface area (Å²) in [6.45, 7) is 6.41. The molecule has 0 saturated carbocycles. The van der Waals surface area contributed by atoms with Gasteiger partial charge in [-0.3, -0.25) is 14.4 Å². The number of hydrogen-bond acceptors (Lipinski definition) is 6. The lowest BCUT2D eigenvalue weighted by Crippen LogP contribution is -2.30. The van der Waals surface area contributed by atoms with Gasteiger partial charge in [0.15, 0.2) is 6.10 Å². The largest absolute Gasteiger partial charge is 0.462 e. The average molecular weight is 1010 g/mol. The zero-order valence-electron chi connectivity index (χ0n) is 47.1. The predicted octanol–water partition coefficient (Wildman–Crippen LogP) is 20.2. The van der Waals surface area contributed by atoms with E-state index in [1.807, 2.05) is 0 Å². The first-order chi connectivity index (χ1) is 36.0. The molecule has 0 aliphatic heterocycles. The summed E-state index contributed by atoms with van der Waals surface area (Å²) < 4.78 is 16.7. The summed E-state index contributed by atoms with van der Waals surface area (Å²) in [7, 11) is 0. The standard InChI is InChI=1S/C67H108O6/c1-4-7-10-13-16-18-20-22-24-26-27-28-29-30-31-32-33-34-35-36-37-38-39-41-42-44-46-48-51-54-57-60-66(69)72-63-64(62-71-65(68)59-56-53-50-15-12-9-6-3)73-67(70)61-58-55-52-49-47-45-43-40-25-23-21-19-17-14-11-8-5-2/h7,10,16-19,22-25,27-28,30-31,33-34,36-37,39,41,44,46,64H,4-6,8-9,11-15,20-21,26,29,32,35,38,40,42-43,45,47-63H2,1-3H3/b10-7-,18-16-,19-17-,24-22-,25-23-,28-27-,31-30-,34-33-,37-36-,41-39-,46-44-. The number of esters is 3. The highest BCUT2D eigenvalue weighted by Crippen LogP contribution is 2.14. The third-order valence-electron chi connectivity index (χ3n) is 12.1. The van der Waals surface area contributed by atoms with Crippen LogP contribution in [0.4, 0.5) is 0 Å². The zero-order valence-corrected chi connectivity index (χ0v) is 47.1. The molecule has 0 N–H and O–H groups in total. The molecule has 0 fully saturated rings. The molecule has 1 atom stereocenters. The Labute approximate surface area is 449 Å². The van der Waals surface area contributed by atoms with Crippen molar-refractivity contribution in [2.24, 2.45) is 0 Å². The Hall–Kier alpha value is -4.45. The van der Waals surface area contributed by atoms with Crippen LogP contribution in [-0.2, 0) is 28.6 Å². The quantitative estimate of drug-likeness (QED) is 0.0261. The summed E-state index contributed by atoms with van der Waals surface area (Å²) in [6.07, 6.45) is 84.7. The topological polar surface area (TPSA) is 78.9 Å². The Kier molecular flexibility index (Phi) is 56.4. The Morgan fingerprint density at radius 2 is 0.534 bits per heavy atom. The molecule has 0 aromatic rings. The molecule has 6 heteroatoms. The van der Waals surface area contributed by atoms with Gasteiger partial charge in [0.05, 0.1) is 0 Å². The van der Waals surface area contributed by atoms with Crippen LogP contribution >= 0.6 is 0 Å². The molecule has 0 aromatic heterocycles. The van der Waals surface area contributed by atoms with Crippen LogP contribution in [0.1, 0.15) is 252 Å². The number of carbonyl (C=O) groups is 3. The van der Waals surface area contributed by atoms with E-state index >= 15 is 0 Å². The second kappa shape index (κ2) is 60.1. The molecular formula is C67H108O6. The number of hydrogen-bond donors (Lipinski definition) is 0. The van der Waals surface area contributed by atoms with Crippen molar-refractivity contribution in [3.8, 4) is 0 Å². The van der Waals surface area contributed by atoms with E-state index in [0.717, 1.165) is 135 Å². The molecule has 0 radical (unpaired) electrons. The summed E-state index contributed by atoms with van der Waals surface area (Å²) in [5.74, 6) is -0.948. The number of rotatable bonds is 52. The van der Waals surface area contributed by atoms with Gasteiger partial charge < -0.3 is 14.2 Å². The Bertz CT molecular complexity index is 1580. The highest BCUT2D eigenvalue weighted by atomic mass is 16.6. The molecule has 0 heterocycles. The van der Waals surface area contributed by atoms with E-state index in [0.29, 0.717) is 19.3 Å². The monoisotopic (exact) mass is 1010 g/mol. The summed E-state index contributed by atoms with van der Waals surface area (Å²) in [5, 5.41) is 0. The van der Waals surface area contributed by atoms with Crippen LogP contribution in [-0.4, -0.2) is 37.2 Å². The molecule has 0 bridgehead atoms.